The molecule has 0 fully saturated rings. The maximum absolute atomic E-state index is 14.5. The molecular weight excluding hydrogens is 340 g/mol. The topological polar surface area (TPSA) is 29.9 Å². The highest BCUT2D eigenvalue weighted by atomic mass is 79.9. The molecule has 21 heavy (non-hydrogen) atoms. The SMILES string of the molecule is CCCNC(c1c(F)ccc(C)c1F)c1c(Br)cnn1C. The lowest BCUT2D eigenvalue weighted by Crippen LogP contribution is -2.27. The Morgan fingerprint density at radius 1 is 1.38 bits per heavy atom. The van der Waals surface area contributed by atoms with Gasteiger partial charge in [0.15, 0.2) is 0 Å². The number of benzene rings is 1. The first-order chi connectivity index (χ1) is 9.97. The first-order valence-electron chi connectivity index (χ1n) is 6.82. The lowest BCUT2D eigenvalue weighted by atomic mass is 9.99. The summed E-state index contributed by atoms with van der Waals surface area (Å²) >= 11 is 3.41. The molecule has 0 aliphatic rings. The van der Waals surface area contributed by atoms with Crippen LogP contribution in [-0.4, -0.2) is 16.3 Å². The van der Waals surface area contributed by atoms with E-state index in [1.54, 1.807) is 24.9 Å². The molecule has 2 rings (SSSR count). The standard InChI is InChI=1S/C15H18BrF2N3/c1-4-7-19-14(15-10(16)8-20-21(15)3)12-11(17)6-5-9(2)13(12)18/h5-6,8,14,19H,4,7H2,1-3H3. The summed E-state index contributed by atoms with van der Waals surface area (Å²) in [6.07, 6.45) is 2.49. The van der Waals surface area contributed by atoms with Crippen molar-refractivity contribution in [2.75, 3.05) is 6.54 Å². The lowest BCUT2D eigenvalue weighted by Gasteiger charge is -2.22. The van der Waals surface area contributed by atoms with Gasteiger partial charge in [0.25, 0.3) is 0 Å². The van der Waals surface area contributed by atoms with Gasteiger partial charge < -0.3 is 5.32 Å². The van der Waals surface area contributed by atoms with E-state index in [1.807, 2.05) is 6.92 Å². The smallest absolute Gasteiger partial charge is 0.134 e. The first kappa shape index (κ1) is 16.1. The van der Waals surface area contributed by atoms with E-state index >= 15 is 0 Å². The van der Waals surface area contributed by atoms with Crippen molar-refractivity contribution < 1.29 is 8.78 Å². The van der Waals surface area contributed by atoms with Crippen molar-refractivity contribution in [1.82, 2.24) is 15.1 Å². The molecule has 3 nitrogen and oxygen atoms in total. The Balaban J connectivity index is 2.59. The normalized spacial score (nSPS) is 12.7. The summed E-state index contributed by atoms with van der Waals surface area (Å²) < 4.78 is 31.1. The minimum atomic E-state index is -0.591. The van der Waals surface area contributed by atoms with Gasteiger partial charge in [-0.15, -0.1) is 0 Å². The zero-order valence-corrected chi connectivity index (χ0v) is 13.8. The van der Waals surface area contributed by atoms with Crippen molar-refractivity contribution in [3.63, 3.8) is 0 Å². The van der Waals surface area contributed by atoms with Gasteiger partial charge in [-0.05, 0) is 47.4 Å². The molecule has 2 aromatic rings. The van der Waals surface area contributed by atoms with Gasteiger partial charge in [0.05, 0.1) is 22.4 Å². The molecule has 1 atom stereocenters. The molecule has 0 aliphatic heterocycles. The molecule has 0 saturated heterocycles. The second-order valence-electron chi connectivity index (χ2n) is 4.98. The monoisotopic (exact) mass is 357 g/mol. The van der Waals surface area contributed by atoms with Crippen LogP contribution in [0.5, 0.6) is 0 Å². The van der Waals surface area contributed by atoms with Crippen LogP contribution in [0.4, 0.5) is 8.78 Å². The molecule has 1 aromatic carbocycles. The molecule has 0 spiro atoms. The van der Waals surface area contributed by atoms with Crippen LogP contribution >= 0.6 is 15.9 Å². The molecule has 1 heterocycles. The van der Waals surface area contributed by atoms with Gasteiger partial charge in [-0.3, -0.25) is 4.68 Å². The maximum Gasteiger partial charge on any atom is 0.134 e. The highest BCUT2D eigenvalue weighted by molar-refractivity contribution is 9.10. The van der Waals surface area contributed by atoms with Crippen molar-refractivity contribution in [2.45, 2.75) is 26.3 Å². The molecular formula is C15H18BrF2N3. The van der Waals surface area contributed by atoms with E-state index in [2.05, 4.69) is 26.3 Å². The van der Waals surface area contributed by atoms with E-state index in [9.17, 15) is 8.78 Å². The molecule has 1 unspecified atom stereocenters. The van der Waals surface area contributed by atoms with Crippen LogP contribution in [0.15, 0.2) is 22.8 Å². The number of rotatable bonds is 5. The molecule has 0 aliphatic carbocycles. The molecule has 0 amide bonds. The van der Waals surface area contributed by atoms with Crippen molar-refractivity contribution in [3.05, 3.63) is 51.3 Å². The van der Waals surface area contributed by atoms with Gasteiger partial charge in [0.2, 0.25) is 0 Å². The summed E-state index contributed by atoms with van der Waals surface area (Å²) in [5.74, 6) is -1.07. The Bertz CT molecular complexity index is 621. The van der Waals surface area contributed by atoms with Crippen LogP contribution in [0.3, 0.4) is 0 Å². The number of nitrogens with zero attached hydrogens (tertiary/aromatic N) is 2. The first-order valence-corrected chi connectivity index (χ1v) is 7.62. The minimum Gasteiger partial charge on any atom is -0.305 e. The van der Waals surface area contributed by atoms with Crippen LogP contribution in [0.1, 0.15) is 36.2 Å². The van der Waals surface area contributed by atoms with Gasteiger partial charge in [0.1, 0.15) is 11.6 Å². The number of nitrogens with one attached hydrogen (secondary N) is 1. The van der Waals surface area contributed by atoms with E-state index in [0.29, 0.717) is 17.8 Å². The summed E-state index contributed by atoms with van der Waals surface area (Å²) in [7, 11) is 1.76. The number of hydrogen-bond acceptors (Lipinski definition) is 2. The number of aryl methyl sites for hydroxylation is 2. The highest BCUT2D eigenvalue weighted by Crippen LogP contribution is 2.32. The summed E-state index contributed by atoms with van der Waals surface area (Å²) in [5, 5.41) is 7.35. The molecule has 0 bridgehead atoms. The predicted molar refractivity (Wildman–Crippen MR) is 82.1 cm³/mol. The highest BCUT2D eigenvalue weighted by Gasteiger charge is 2.27. The van der Waals surface area contributed by atoms with Gasteiger partial charge in [-0.2, -0.15) is 5.10 Å². The third-order valence-electron chi connectivity index (χ3n) is 3.42. The van der Waals surface area contributed by atoms with Crippen LogP contribution in [0.2, 0.25) is 0 Å². The summed E-state index contributed by atoms with van der Waals surface area (Å²) in [5.41, 5.74) is 1.16. The molecule has 1 N–H and O–H groups in total. The fourth-order valence-corrected chi connectivity index (χ4v) is 2.89. The molecule has 1 aromatic heterocycles. The zero-order valence-electron chi connectivity index (χ0n) is 12.3. The summed E-state index contributed by atoms with van der Waals surface area (Å²) in [6, 6.07) is 2.16. The zero-order chi connectivity index (χ0) is 15.6. The molecule has 114 valence electrons. The van der Waals surface area contributed by atoms with Crippen LogP contribution in [-0.2, 0) is 7.05 Å². The Kier molecular flexibility index (Phi) is 5.11. The van der Waals surface area contributed by atoms with Gasteiger partial charge >= 0.3 is 0 Å². The molecule has 0 radical (unpaired) electrons. The summed E-state index contributed by atoms with van der Waals surface area (Å²) in [4.78, 5) is 0. The largest absolute Gasteiger partial charge is 0.305 e. The molecule has 6 heteroatoms. The van der Waals surface area contributed by atoms with Crippen molar-refractivity contribution >= 4 is 15.9 Å². The average Bonchev–Trinajstić information content (AvgIpc) is 2.78. The quantitative estimate of drug-likeness (QED) is 0.880. The van der Waals surface area contributed by atoms with E-state index in [4.69, 9.17) is 0 Å². The third-order valence-corrected chi connectivity index (χ3v) is 4.03. The summed E-state index contributed by atoms with van der Waals surface area (Å²) in [6.45, 7) is 4.29. The minimum absolute atomic E-state index is 0.0350. The Morgan fingerprint density at radius 2 is 2.10 bits per heavy atom. The fraction of sp³-hybridized carbons (Fsp3) is 0.400. The Labute approximate surface area is 131 Å². The van der Waals surface area contributed by atoms with Crippen LogP contribution in [0.25, 0.3) is 0 Å². The maximum atomic E-state index is 14.5. The number of aromatic nitrogens is 2. The van der Waals surface area contributed by atoms with E-state index in [0.717, 1.165) is 10.9 Å². The number of hydrogen-bond donors (Lipinski definition) is 1. The van der Waals surface area contributed by atoms with Crippen molar-refractivity contribution in [2.24, 2.45) is 7.05 Å². The second-order valence-corrected chi connectivity index (χ2v) is 5.83. The van der Waals surface area contributed by atoms with Crippen LogP contribution in [0, 0.1) is 18.6 Å². The Morgan fingerprint density at radius 3 is 2.67 bits per heavy atom. The second kappa shape index (κ2) is 6.66. The fourth-order valence-electron chi connectivity index (χ4n) is 2.31. The van der Waals surface area contributed by atoms with E-state index in [-0.39, 0.29) is 5.56 Å². The van der Waals surface area contributed by atoms with Crippen LogP contribution < -0.4 is 5.32 Å². The van der Waals surface area contributed by atoms with Gasteiger partial charge in [-0.1, -0.05) is 13.0 Å². The van der Waals surface area contributed by atoms with Crippen molar-refractivity contribution in [3.8, 4) is 0 Å². The van der Waals surface area contributed by atoms with E-state index in [1.165, 1.54) is 12.1 Å². The average molecular weight is 358 g/mol. The van der Waals surface area contributed by atoms with Gasteiger partial charge in [-0.25, -0.2) is 8.78 Å². The van der Waals surface area contributed by atoms with Crippen molar-refractivity contribution in [1.29, 1.82) is 0 Å². The van der Waals surface area contributed by atoms with E-state index < -0.39 is 17.7 Å². The predicted octanol–water partition coefficient (Wildman–Crippen LogP) is 3.86. The lowest BCUT2D eigenvalue weighted by molar-refractivity contribution is 0.481. The number of halogens is 3. The third kappa shape index (κ3) is 3.16. The molecule has 0 saturated carbocycles. The Hall–Kier alpha value is -1.27. The van der Waals surface area contributed by atoms with Gasteiger partial charge in [0, 0.05) is 12.6 Å².